The molecule has 1 aromatic rings. The van der Waals surface area contributed by atoms with Crippen LogP contribution in [0.1, 0.15) is 0 Å². The highest BCUT2D eigenvalue weighted by Gasteiger charge is 2.41. The second kappa shape index (κ2) is 7.31. The summed E-state index contributed by atoms with van der Waals surface area (Å²) in [6.07, 6.45) is -11.5. The number of benzene rings is 1. The maximum atomic E-state index is 12.0. The summed E-state index contributed by atoms with van der Waals surface area (Å²) in [5.41, 5.74) is 0.274. The summed E-state index contributed by atoms with van der Waals surface area (Å²) in [6, 6.07) is 1.99. The van der Waals surface area contributed by atoms with E-state index in [9.17, 15) is 43.2 Å². The van der Waals surface area contributed by atoms with Crippen LogP contribution < -0.4 is 13.8 Å². The Bertz CT molecular complexity index is 848. The minimum absolute atomic E-state index is 0.469. The number of hydrogen-bond acceptors (Lipinski definition) is 10. The summed E-state index contributed by atoms with van der Waals surface area (Å²) in [7, 11) is -11.9. The molecule has 0 spiro atoms. The van der Waals surface area contributed by atoms with E-state index < -0.39 is 50.7 Å². The van der Waals surface area contributed by atoms with Crippen LogP contribution in [0, 0.1) is 0 Å². The lowest BCUT2D eigenvalue weighted by molar-refractivity contribution is -0.276. The molecule has 0 heterocycles. The highest BCUT2D eigenvalue weighted by Crippen LogP contribution is 2.38. The quantitative estimate of drug-likeness (QED) is 0.480. The molecule has 150 valence electrons. The van der Waals surface area contributed by atoms with Gasteiger partial charge >= 0.3 is 33.5 Å². The van der Waals surface area contributed by atoms with Crippen LogP contribution in [0.4, 0.5) is 32.0 Å². The van der Waals surface area contributed by atoms with Crippen molar-refractivity contribution in [3.05, 3.63) is 18.2 Å². The molecule has 0 fully saturated rings. The smallest absolute Gasteiger partial charge is 0.357 e. The molecule has 1 aromatic carbocycles. The largest absolute Gasteiger partial charge is 0.539 e. The van der Waals surface area contributed by atoms with Gasteiger partial charge in [0.15, 0.2) is 5.75 Å². The highest BCUT2D eigenvalue weighted by atomic mass is 32.3. The summed E-state index contributed by atoms with van der Waals surface area (Å²) in [4.78, 5) is 0. The molecule has 0 aromatic heterocycles. The van der Waals surface area contributed by atoms with E-state index in [-0.39, 0.29) is 0 Å². The molecule has 1 rings (SSSR count). The van der Waals surface area contributed by atoms with Crippen molar-refractivity contribution in [2.75, 3.05) is 5.48 Å². The third-order valence-electron chi connectivity index (χ3n) is 1.87. The van der Waals surface area contributed by atoms with Crippen LogP contribution in [0.25, 0.3) is 0 Å². The Kier molecular flexibility index (Phi) is 6.19. The van der Waals surface area contributed by atoms with E-state index in [0.29, 0.717) is 6.07 Å². The van der Waals surface area contributed by atoms with Gasteiger partial charge in [0.1, 0.15) is 5.69 Å². The lowest BCUT2D eigenvalue weighted by Crippen LogP contribution is -2.25. The average molecular weight is 437 g/mol. The molecule has 2 N–H and O–H groups in total. The minimum Gasteiger partial charge on any atom is -0.357 e. The van der Waals surface area contributed by atoms with Gasteiger partial charge in [-0.15, -0.1) is 34.7 Å². The van der Waals surface area contributed by atoms with Gasteiger partial charge in [-0.25, -0.2) is 0 Å². The van der Waals surface area contributed by atoms with E-state index in [1.807, 2.05) is 0 Å². The molecular formula is C8H5F6NO9S2. The lowest BCUT2D eigenvalue weighted by Gasteiger charge is -2.15. The summed E-state index contributed by atoms with van der Waals surface area (Å²) in [6.45, 7) is 0. The molecule has 10 nitrogen and oxygen atoms in total. The molecule has 0 unspecified atom stereocenters. The highest BCUT2D eigenvalue weighted by molar-refractivity contribution is 7.82. The number of para-hydroxylation sites is 1. The summed E-state index contributed by atoms with van der Waals surface area (Å²) < 4.78 is 129. The third kappa shape index (κ3) is 7.47. The summed E-state index contributed by atoms with van der Waals surface area (Å²) in [5.74, 6) is -2.89. The topological polar surface area (TPSA) is 137 Å². The van der Waals surface area contributed by atoms with Gasteiger partial charge in [0.05, 0.1) is 0 Å². The molecule has 0 bridgehead atoms. The number of alkyl halides is 6. The Balaban J connectivity index is 3.28. The van der Waals surface area contributed by atoms with Crippen molar-refractivity contribution in [1.82, 2.24) is 0 Å². The van der Waals surface area contributed by atoms with Gasteiger partial charge in [-0.2, -0.15) is 16.8 Å². The maximum Gasteiger partial charge on any atom is 0.539 e. The normalized spacial score (nSPS) is 13.3. The molecule has 0 aliphatic carbocycles. The van der Waals surface area contributed by atoms with E-state index in [2.05, 4.69) is 16.7 Å². The predicted molar refractivity (Wildman–Crippen MR) is 65.2 cm³/mol. The van der Waals surface area contributed by atoms with Crippen LogP contribution in [0.2, 0.25) is 0 Å². The van der Waals surface area contributed by atoms with Crippen molar-refractivity contribution < 1.29 is 65.1 Å². The number of nitrogens with one attached hydrogen (secondary N) is 1. The van der Waals surface area contributed by atoms with Gasteiger partial charge in [0.25, 0.3) is 0 Å². The molecule has 26 heavy (non-hydrogen) atoms. The lowest BCUT2D eigenvalue weighted by atomic mass is 10.3. The molecule has 18 heteroatoms. The van der Waals surface area contributed by atoms with E-state index in [1.165, 1.54) is 5.48 Å². The zero-order valence-corrected chi connectivity index (χ0v) is 13.2. The van der Waals surface area contributed by atoms with Crippen molar-refractivity contribution in [3.8, 4) is 11.5 Å². The van der Waals surface area contributed by atoms with Crippen LogP contribution in [0.15, 0.2) is 18.2 Å². The monoisotopic (exact) mass is 437 g/mol. The van der Waals surface area contributed by atoms with Crippen LogP contribution in [0.5, 0.6) is 11.5 Å². The van der Waals surface area contributed by atoms with Gasteiger partial charge in [-0.05, 0) is 12.1 Å². The fourth-order valence-electron chi connectivity index (χ4n) is 1.23. The molecular weight excluding hydrogens is 432 g/mol. The van der Waals surface area contributed by atoms with Crippen molar-refractivity contribution in [2.45, 2.75) is 12.7 Å². The van der Waals surface area contributed by atoms with Crippen LogP contribution in [-0.4, -0.2) is 34.8 Å². The second-order valence-electron chi connectivity index (χ2n) is 3.79. The molecule has 0 aliphatic rings. The van der Waals surface area contributed by atoms with Crippen LogP contribution >= 0.6 is 0 Å². The van der Waals surface area contributed by atoms with Gasteiger partial charge in [0.2, 0.25) is 5.75 Å². The van der Waals surface area contributed by atoms with Crippen LogP contribution in [-0.2, 0) is 29.2 Å². The molecule has 0 saturated heterocycles. The van der Waals surface area contributed by atoms with Crippen LogP contribution in [0.3, 0.4) is 0 Å². The Hall–Kier alpha value is -2.02. The van der Waals surface area contributed by atoms with Gasteiger partial charge in [-0.1, -0.05) is 6.07 Å². The first-order valence-corrected chi connectivity index (χ1v) is 8.17. The fourth-order valence-corrected chi connectivity index (χ4v) is 2.49. The second-order valence-corrected chi connectivity index (χ2v) is 6.09. The van der Waals surface area contributed by atoms with E-state index >= 15 is 0 Å². The van der Waals surface area contributed by atoms with Gasteiger partial charge in [0, 0.05) is 0 Å². The third-order valence-corrected chi connectivity index (χ3v) is 3.41. The van der Waals surface area contributed by atoms with E-state index in [0.717, 1.165) is 12.1 Å². The Morgan fingerprint density at radius 2 is 1.31 bits per heavy atom. The standard InChI is InChI=1S/C8H5F6NO9S2/c9-7(10,11)23-25(17,18)21-5-3-1-2-4(15-16)6(5)22-26(19,20)24-8(12,13)14/h1-3,15-16H. The zero-order valence-electron chi connectivity index (χ0n) is 11.5. The minimum atomic E-state index is -5.95. The Labute approximate surface area is 140 Å². The van der Waals surface area contributed by atoms with E-state index in [1.54, 1.807) is 0 Å². The van der Waals surface area contributed by atoms with Gasteiger partial charge < -0.3 is 8.37 Å². The average Bonchev–Trinajstić information content (AvgIpc) is 2.34. The molecule has 0 amide bonds. The molecule has 0 atom stereocenters. The number of anilines is 1. The Morgan fingerprint density at radius 3 is 1.73 bits per heavy atom. The number of halogens is 6. The van der Waals surface area contributed by atoms with Crippen molar-refractivity contribution in [2.24, 2.45) is 0 Å². The van der Waals surface area contributed by atoms with Crippen molar-refractivity contribution >= 4 is 26.5 Å². The first kappa shape index (κ1) is 22.0. The number of rotatable bonds is 7. The molecule has 0 aliphatic heterocycles. The van der Waals surface area contributed by atoms with Crippen molar-refractivity contribution in [3.63, 3.8) is 0 Å². The molecule has 0 radical (unpaired) electrons. The van der Waals surface area contributed by atoms with Crippen molar-refractivity contribution in [1.29, 1.82) is 0 Å². The summed E-state index contributed by atoms with van der Waals surface area (Å²) in [5, 5.41) is 8.75. The fraction of sp³-hybridized carbons (Fsp3) is 0.250. The Morgan fingerprint density at radius 1 is 0.846 bits per heavy atom. The van der Waals surface area contributed by atoms with Gasteiger partial charge in [-0.3, -0.25) is 10.7 Å². The predicted octanol–water partition coefficient (Wildman–Crippen LogP) is 1.81. The SMILES string of the molecule is O=S(=O)(Oc1cccc(NO)c1OS(=O)(=O)OC(F)(F)F)OC(F)(F)F. The maximum absolute atomic E-state index is 12.0. The van der Waals surface area contributed by atoms with E-state index in [4.69, 9.17) is 5.21 Å². The number of hydrogen-bond donors (Lipinski definition) is 2. The summed E-state index contributed by atoms with van der Waals surface area (Å²) >= 11 is 0. The zero-order chi connectivity index (χ0) is 20.4. The molecule has 0 saturated carbocycles. The first-order chi connectivity index (χ1) is 11.5. The first-order valence-electron chi connectivity index (χ1n) is 5.50.